The van der Waals surface area contributed by atoms with Crippen LogP contribution in [0.3, 0.4) is 0 Å². The number of fused-ring (bicyclic) bond motifs is 4. The number of anilines is 1. The lowest BCUT2D eigenvalue weighted by Crippen LogP contribution is -2.06. The average molecular weight is 372 g/mol. The van der Waals surface area contributed by atoms with Gasteiger partial charge in [-0.3, -0.25) is 0 Å². The smallest absolute Gasteiger partial charge is 0.336 e. The molecule has 0 bridgehead atoms. The van der Waals surface area contributed by atoms with Crippen LogP contribution in [0.1, 0.15) is 10.6 Å². The number of thiazole rings is 1. The molecule has 27 heavy (non-hydrogen) atoms. The van der Waals surface area contributed by atoms with Gasteiger partial charge in [0.15, 0.2) is 0 Å². The Hall–Kier alpha value is -3.18. The first kappa shape index (κ1) is 16.0. The Kier molecular flexibility index (Phi) is 3.69. The third-order valence-corrected chi connectivity index (χ3v) is 5.63. The van der Waals surface area contributed by atoms with E-state index >= 15 is 0 Å². The van der Waals surface area contributed by atoms with Gasteiger partial charge in [0.1, 0.15) is 5.58 Å². The minimum Gasteiger partial charge on any atom is -0.423 e. The highest BCUT2D eigenvalue weighted by atomic mass is 32.1. The summed E-state index contributed by atoms with van der Waals surface area (Å²) < 4.78 is 6.59. The van der Waals surface area contributed by atoms with Crippen LogP contribution in [0, 0.1) is 6.92 Å². The molecule has 0 unspecified atom stereocenters. The van der Waals surface area contributed by atoms with Gasteiger partial charge in [-0.1, -0.05) is 30.3 Å². The van der Waals surface area contributed by atoms with Gasteiger partial charge in [-0.25, -0.2) is 9.78 Å². The fourth-order valence-electron chi connectivity index (χ4n) is 3.51. The van der Waals surface area contributed by atoms with Crippen LogP contribution in [0.5, 0.6) is 0 Å². The largest absolute Gasteiger partial charge is 0.423 e. The van der Waals surface area contributed by atoms with Crippen molar-refractivity contribution < 1.29 is 4.42 Å². The van der Waals surface area contributed by atoms with E-state index in [9.17, 15) is 4.79 Å². The summed E-state index contributed by atoms with van der Waals surface area (Å²) in [7, 11) is 0. The van der Waals surface area contributed by atoms with Crippen molar-refractivity contribution in [3.63, 3.8) is 0 Å². The topological polar surface area (TPSA) is 55.1 Å². The minimum absolute atomic E-state index is 0.330. The third kappa shape index (κ3) is 2.86. The molecule has 5 aromatic rings. The lowest BCUT2D eigenvalue weighted by Gasteiger charge is -2.11. The Morgan fingerprint density at radius 2 is 1.96 bits per heavy atom. The van der Waals surface area contributed by atoms with Crippen LogP contribution < -0.4 is 10.9 Å². The van der Waals surface area contributed by atoms with Crippen molar-refractivity contribution >= 4 is 49.0 Å². The van der Waals surface area contributed by atoms with E-state index in [1.807, 2.05) is 43.3 Å². The van der Waals surface area contributed by atoms with Crippen molar-refractivity contribution in [2.24, 2.45) is 0 Å². The van der Waals surface area contributed by atoms with Gasteiger partial charge in [0.2, 0.25) is 0 Å². The van der Waals surface area contributed by atoms with Crippen molar-refractivity contribution in [2.45, 2.75) is 13.5 Å². The number of hydrogen-bond acceptors (Lipinski definition) is 5. The second-order valence-electron chi connectivity index (χ2n) is 6.52. The Morgan fingerprint density at radius 3 is 2.89 bits per heavy atom. The molecule has 2 aromatic heterocycles. The van der Waals surface area contributed by atoms with E-state index in [1.165, 1.54) is 0 Å². The molecule has 0 saturated carbocycles. The molecule has 0 amide bonds. The van der Waals surface area contributed by atoms with Crippen molar-refractivity contribution in [1.82, 2.24) is 4.98 Å². The van der Waals surface area contributed by atoms with E-state index in [0.29, 0.717) is 12.1 Å². The van der Waals surface area contributed by atoms with Crippen molar-refractivity contribution in [3.05, 3.63) is 81.7 Å². The molecule has 0 aliphatic carbocycles. The highest BCUT2D eigenvalue weighted by Crippen LogP contribution is 2.29. The molecule has 0 fully saturated rings. The monoisotopic (exact) mass is 372 g/mol. The maximum absolute atomic E-state index is 12.0. The molecule has 5 rings (SSSR count). The molecule has 0 atom stereocenters. The van der Waals surface area contributed by atoms with Gasteiger partial charge in [-0.2, -0.15) is 0 Å². The quantitative estimate of drug-likeness (QED) is 0.337. The summed E-state index contributed by atoms with van der Waals surface area (Å²) in [5.74, 6) is 0. The highest BCUT2D eigenvalue weighted by Gasteiger charge is 2.10. The van der Waals surface area contributed by atoms with Gasteiger partial charge in [0, 0.05) is 23.7 Å². The van der Waals surface area contributed by atoms with E-state index in [1.54, 1.807) is 17.4 Å². The minimum atomic E-state index is -0.330. The molecule has 0 saturated heterocycles. The third-order valence-electron chi connectivity index (χ3n) is 4.69. The van der Waals surface area contributed by atoms with Crippen LogP contribution in [0.25, 0.3) is 32.0 Å². The van der Waals surface area contributed by atoms with E-state index in [-0.39, 0.29) is 5.63 Å². The highest BCUT2D eigenvalue weighted by molar-refractivity contribution is 7.18. The fourth-order valence-corrected chi connectivity index (χ4v) is 4.37. The number of benzene rings is 3. The summed E-state index contributed by atoms with van der Waals surface area (Å²) in [5, 5.41) is 7.70. The SMILES string of the molecule is Cc1nc2ccc(NCc3cc(=O)oc4ccc5ccccc5c34)cc2s1. The molecule has 0 aliphatic rings. The first-order valence-electron chi connectivity index (χ1n) is 8.73. The van der Waals surface area contributed by atoms with E-state index in [4.69, 9.17) is 4.42 Å². The second-order valence-corrected chi connectivity index (χ2v) is 7.75. The summed E-state index contributed by atoms with van der Waals surface area (Å²) in [5.41, 5.74) is 3.24. The second kappa shape index (κ2) is 6.21. The molecular formula is C22H16N2O2S. The van der Waals surface area contributed by atoms with Crippen LogP contribution in [-0.4, -0.2) is 4.98 Å². The van der Waals surface area contributed by atoms with Gasteiger partial charge in [-0.15, -0.1) is 11.3 Å². The zero-order chi connectivity index (χ0) is 18.4. The normalized spacial score (nSPS) is 11.4. The number of aryl methyl sites for hydroxylation is 1. The van der Waals surface area contributed by atoms with Crippen molar-refractivity contribution in [1.29, 1.82) is 0 Å². The van der Waals surface area contributed by atoms with Gasteiger partial charge in [0.25, 0.3) is 0 Å². The molecular weight excluding hydrogens is 356 g/mol. The maximum atomic E-state index is 12.0. The van der Waals surface area contributed by atoms with Crippen molar-refractivity contribution in [3.8, 4) is 0 Å². The first-order valence-corrected chi connectivity index (χ1v) is 9.54. The molecule has 132 valence electrons. The maximum Gasteiger partial charge on any atom is 0.336 e. The summed E-state index contributed by atoms with van der Waals surface area (Å²) in [6.07, 6.45) is 0. The molecule has 5 heteroatoms. The standard InChI is InChI=1S/C22H16N2O2S/c1-13-24-18-8-7-16(11-20(18)27-13)23-12-15-10-21(25)26-19-9-6-14-4-2-3-5-17(14)22(15)19/h2-11,23H,12H2,1H3. The van der Waals surface area contributed by atoms with Crippen LogP contribution in [-0.2, 0) is 6.54 Å². The predicted octanol–water partition coefficient (Wildman–Crippen LogP) is 5.48. The lowest BCUT2D eigenvalue weighted by atomic mass is 10.0. The Morgan fingerprint density at radius 1 is 1.07 bits per heavy atom. The molecule has 4 nitrogen and oxygen atoms in total. The van der Waals surface area contributed by atoms with Crippen LogP contribution in [0.2, 0.25) is 0 Å². The van der Waals surface area contributed by atoms with Crippen LogP contribution >= 0.6 is 11.3 Å². The summed E-state index contributed by atoms with van der Waals surface area (Å²) >= 11 is 1.68. The van der Waals surface area contributed by atoms with Crippen LogP contribution in [0.4, 0.5) is 5.69 Å². The van der Waals surface area contributed by atoms with Gasteiger partial charge < -0.3 is 9.73 Å². The zero-order valence-corrected chi connectivity index (χ0v) is 15.5. The van der Waals surface area contributed by atoms with Crippen LogP contribution in [0.15, 0.2) is 69.9 Å². The number of aromatic nitrogens is 1. The fraction of sp³-hybridized carbons (Fsp3) is 0.0909. The van der Waals surface area contributed by atoms with Gasteiger partial charge in [-0.05, 0) is 47.5 Å². The van der Waals surface area contributed by atoms with Gasteiger partial charge >= 0.3 is 5.63 Å². The summed E-state index contributed by atoms with van der Waals surface area (Å²) in [6, 6.07) is 19.7. The lowest BCUT2D eigenvalue weighted by molar-refractivity contribution is 0.559. The molecule has 3 aromatic carbocycles. The zero-order valence-electron chi connectivity index (χ0n) is 14.7. The number of nitrogens with one attached hydrogen (secondary N) is 1. The predicted molar refractivity (Wildman–Crippen MR) is 112 cm³/mol. The Labute approximate surface area is 159 Å². The molecule has 1 N–H and O–H groups in total. The van der Waals surface area contributed by atoms with E-state index < -0.39 is 0 Å². The number of nitrogens with zero attached hydrogens (tertiary/aromatic N) is 1. The molecule has 2 heterocycles. The van der Waals surface area contributed by atoms with Gasteiger partial charge in [0.05, 0.1) is 15.2 Å². The Bertz CT molecular complexity index is 1370. The molecule has 0 spiro atoms. The Balaban J connectivity index is 1.59. The number of hydrogen-bond donors (Lipinski definition) is 1. The van der Waals surface area contributed by atoms with E-state index in [2.05, 4.69) is 28.5 Å². The number of rotatable bonds is 3. The first-order chi connectivity index (χ1) is 13.2. The molecule has 0 radical (unpaired) electrons. The summed E-state index contributed by atoms with van der Waals surface area (Å²) in [4.78, 5) is 16.5. The van der Waals surface area contributed by atoms with E-state index in [0.717, 1.165) is 42.6 Å². The summed E-state index contributed by atoms with van der Waals surface area (Å²) in [6.45, 7) is 2.55. The molecule has 0 aliphatic heterocycles. The average Bonchev–Trinajstić information content (AvgIpc) is 3.04. The van der Waals surface area contributed by atoms with Crippen molar-refractivity contribution in [2.75, 3.05) is 5.32 Å².